The van der Waals surface area contributed by atoms with Crippen LogP contribution in [0.2, 0.25) is 0 Å². The Labute approximate surface area is 115 Å². The Morgan fingerprint density at radius 1 is 1.16 bits per heavy atom. The Hall–Kier alpha value is -1.54. The molecule has 1 fully saturated rings. The van der Waals surface area contributed by atoms with Gasteiger partial charge in [0.25, 0.3) is 0 Å². The first-order valence-electron chi connectivity index (χ1n) is 7.16. The third kappa shape index (κ3) is 2.21. The molecule has 0 amide bonds. The van der Waals surface area contributed by atoms with Crippen molar-refractivity contribution < 1.29 is 0 Å². The van der Waals surface area contributed by atoms with E-state index in [1.54, 1.807) is 0 Å². The van der Waals surface area contributed by atoms with Crippen molar-refractivity contribution in [1.82, 2.24) is 0 Å². The molecule has 2 nitrogen and oxygen atoms in total. The summed E-state index contributed by atoms with van der Waals surface area (Å²) in [5.41, 5.74) is 8.40. The van der Waals surface area contributed by atoms with Crippen LogP contribution >= 0.6 is 0 Å². The Morgan fingerprint density at radius 2 is 1.84 bits per heavy atom. The van der Waals surface area contributed by atoms with Gasteiger partial charge in [0.1, 0.15) is 0 Å². The number of hydrogen-bond donors (Lipinski definition) is 1. The second-order valence-electron chi connectivity index (χ2n) is 5.68. The molecular formula is C17H22N2. The molecule has 0 bridgehead atoms. The molecule has 0 radical (unpaired) electrons. The fraction of sp³-hybridized carbons (Fsp3) is 0.412. The molecule has 2 aromatic rings. The number of nitrogens with two attached hydrogens (primary N) is 1. The van der Waals surface area contributed by atoms with Gasteiger partial charge in [0.05, 0.1) is 0 Å². The standard InChI is InChI=1S/C17H22N2/c1-12(13-7-8-13)19(2)17-10-9-14(11-18)15-5-3-4-6-16(15)17/h3-6,9-10,12-13H,7-8,11,18H2,1-2H3. The first kappa shape index (κ1) is 12.5. The van der Waals surface area contributed by atoms with Crippen molar-refractivity contribution in [1.29, 1.82) is 0 Å². The summed E-state index contributed by atoms with van der Waals surface area (Å²) in [6.07, 6.45) is 2.76. The summed E-state index contributed by atoms with van der Waals surface area (Å²) >= 11 is 0. The van der Waals surface area contributed by atoms with Gasteiger partial charge >= 0.3 is 0 Å². The van der Waals surface area contributed by atoms with Crippen LogP contribution in [0.5, 0.6) is 0 Å². The monoisotopic (exact) mass is 254 g/mol. The van der Waals surface area contributed by atoms with E-state index in [0.717, 1.165) is 5.92 Å². The van der Waals surface area contributed by atoms with E-state index in [4.69, 9.17) is 5.73 Å². The molecule has 2 aromatic carbocycles. The van der Waals surface area contributed by atoms with Gasteiger partial charge in [-0.25, -0.2) is 0 Å². The molecule has 0 spiro atoms. The fourth-order valence-electron chi connectivity index (χ4n) is 2.95. The van der Waals surface area contributed by atoms with Gasteiger partial charge in [-0.05, 0) is 42.7 Å². The molecule has 100 valence electrons. The maximum absolute atomic E-state index is 5.85. The van der Waals surface area contributed by atoms with Gasteiger partial charge in [0.2, 0.25) is 0 Å². The number of nitrogens with zero attached hydrogens (tertiary/aromatic N) is 1. The minimum absolute atomic E-state index is 0.600. The number of benzene rings is 2. The van der Waals surface area contributed by atoms with E-state index < -0.39 is 0 Å². The summed E-state index contributed by atoms with van der Waals surface area (Å²) in [5, 5.41) is 2.61. The predicted octanol–water partition coefficient (Wildman–Crippen LogP) is 3.53. The van der Waals surface area contributed by atoms with E-state index >= 15 is 0 Å². The average Bonchev–Trinajstić information content (AvgIpc) is 3.29. The lowest BCUT2D eigenvalue weighted by atomic mass is 10.0. The minimum atomic E-state index is 0.600. The SMILES string of the molecule is CC(C1CC1)N(C)c1ccc(CN)c2ccccc12. The van der Waals surface area contributed by atoms with E-state index in [9.17, 15) is 0 Å². The molecule has 0 saturated heterocycles. The van der Waals surface area contributed by atoms with Crippen molar-refractivity contribution in [3.8, 4) is 0 Å². The lowest BCUT2D eigenvalue weighted by Crippen LogP contribution is -2.30. The van der Waals surface area contributed by atoms with E-state index in [-0.39, 0.29) is 0 Å². The van der Waals surface area contributed by atoms with Gasteiger partial charge in [0, 0.05) is 30.7 Å². The second kappa shape index (κ2) is 4.86. The molecule has 1 unspecified atom stereocenters. The molecule has 0 aliphatic heterocycles. The molecular weight excluding hydrogens is 232 g/mol. The molecule has 1 saturated carbocycles. The summed E-state index contributed by atoms with van der Waals surface area (Å²) in [6, 6.07) is 13.6. The summed E-state index contributed by atoms with van der Waals surface area (Å²) in [5.74, 6) is 0.873. The largest absolute Gasteiger partial charge is 0.371 e. The third-order valence-corrected chi connectivity index (χ3v) is 4.51. The van der Waals surface area contributed by atoms with E-state index in [1.165, 1.54) is 34.9 Å². The summed E-state index contributed by atoms with van der Waals surface area (Å²) in [6.45, 7) is 2.94. The first-order chi connectivity index (χ1) is 9.22. The Morgan fingerprint density at radius 3 is 2.47 bits per heavy atom. The maximum Gasteiger partial charge on any atom is 0.0446 e. The Bertz CT molecular complexity index is 587. The van der Waals surface area contributed by atoms with Gasteiger partial charge in [-0.15, -0.1) is 0 Å². The number of fused-ring (bicyclic) bond motifs is 1. The smallest absolute Gasteiger partial charge is 0.0446 e. The highest BCUT2D eigenvalue weighted by Gasteiger charge is 2.31. The highest BCUT2D eigenvalue weighted by Crippen LogP contribution is 2.38. The molecule has 1 atom stereocenters. The summed E-state index contributed by atoms with van der Waals surface area (Å²) in [4.78, 5) is 2.43. The van der Waals surface area contributed by atoms with Crippen LogP contribution in [0.15, 0.2) is 36.4 Å². The van der Waals surface area contributed by atoms with Crippen LogP contribution in [0, 0.1) is 5.92 Å². The van der Waals surface area contributed by atoms with Crippen molar-refractivity contribution in [2.24, 2.45) is 11.7 Å². The number of anilines is 1. The van der Waals surface area contributed by atoms with Crippen molar-refractivity contribution >= 4 is 16.5 Å². The second-order valence-corrected chi connectivity index (χ2v) is 5.68. The zero-order chi connectivity index (χ0) is 13.4. The highest BCUT2D eigenvalue weighted by atomic mass is 15.1. The van der Waals surface area contributed by atoms with Gasteiger partial charge < -0.3 is 10.6 Å². The summed E-state index contributed by atoms with van der Waals surface area (Å²) < 4.78 is 0. The zero-order valence-electron chi connectivity index (χ0n) is 11.8. The molecule has 1 aliphatic rings. The van der Waals surface area contributed by atoms with Crippen LogP contribution < -0.4 is 10.6 Å². The Kier molecular flexibility index (Phi) is 3.19. The maximum atomic E-state index is 5.85. The van der Waals surface area contributed by atoms with Gasteiger partial charge in [-0.3, -0.25) is 0 Å². The quantitative estimate of drug-likeness (QED) is 0.904. The highest BCUT2D eigenvalue weighted by molar-refractivity contribution is 5.96. The lowest BCUT2D eigenvalue weighted by molar-refractivity contribution is 0.610. The fourth-order valence-corrected chi connectivity index (χ4v) is 2.95. The van der Waals surface area contributed by atoms with Crippen molar-refractivity contribution in [3.63, 3.8) is 0 Å². The van der Waals surface area contributed by atoms with Gasteiger partial charge in [-0.1, -0.05) is 30.3 Å². The molecule has 0 heterocycles. The van der Waals surface area contributed by atoms with Crippen molar-refractivity contribution in [3.05, 3.63) is 42.0 Å². The molecule has 2 N–H and O–H groups in total. The average molecular weight is 254 g/mol. The molecule has 3 rings (SSSR count). The predicted molar refractivity (Wildman–Crippen MR) is 82.4 cm³/mol. The topological polar surface area (TPSA) is 29.3 Å². The van der Waals surface area contributed by atoms with Crippen LogP contribution in [-0.2, 0) is 6.54 Å². The van der Waals surface area contributed by atoms with E-state index in [2.05, 4.69) is 55.3 Å². The first-order valence-corrected chi connectivity index (χ1v) is 7.16. The van der Waals surface area contributed by atoms with Crippen LogP contribution in [0.25, 0.3) is 10.8 Å². The van der Waals surface area contributed by atoms with Crippen molar-refractivity contribution in [2.45, 2.75) is 32.4 Å². The molecule has 1 aliphatic carbocycles. The lowest BCUT2D eigenvalue weighted by Gasteiger charge is -2.28. The van der Waals surface area contributed by atoms with Crippen LogP contribution in [0.3, 0.4) is 0 Å². The van der Waals surface area contributed by atoms with Crippen molar-refractivity contribution in [2.75, 3.05) is 11.9 Å². The number of rotatable bonds is 4. The minimum Gasteiger partial charge on any atom is -0.371 e. The van der Waals surface area contributed by atoms with E-state index in [0.29, 0.717) is 12.6 Å². The molecule has 2 heteroatoms. The van der Waals surface area contributed by atoms with Gasteiger partial charge in [-0.2, -0.15) is 0 Å². The van der Waals surface area contributed by atoms with Crippen LogP contribution in [0.4, 0.5) is 5.69 Å². The molecule has 0 aromatic heterocycles. The molecule has 19 heavy (non-hydrogen) atoms. The van der Waals surface area contributed by atoms with Gasteiger partial charge in [0.15, 0.2) is 0 Å². The summed E-state index contributed by atoms with van der Waals surface area (Å²) in [7, 11) is 2.22. The van der Waals surface area contributed by atoms with E-state index in [1.807, 2.05) is 0 Å². The zero-order valence-corrected chi connectivity index (χ0v) is 11.8. The Balaban J connectivity index is 2.08. The number of hydrogen-bond acceptors (Lipinski definition) is 2. The van der Waals surface area contributed by atoms with Crippen LogP contribution in [0.1, 0.15) is 25.3 Å². The van der Waals surface area contributed by atoms with Crippen LogP contribution in [-0.4, -0.2) is 13.1 Å². The normalized spacial score (nSPS) is 16.6. The third-order valence-electron chi connectivity index (χ3n) is 4.51.